The Morgan fingerprint density at radius 2 is 1.59 bits per heavy atom. The summed E-state index contributed by atoms with van der Waals surface area (Å²) >= 11 is 0. The van der Waals surface area contributed by atoms with Crippen molar-refractivity contribution in [2.24, 2.45) is 0 Å². The molecule has 200 valence electrons. The van der Waals surface area contributed by atoms with E-state index in [1.165, 1.54) is 0 Å². The lowest BCUT2D eigenvalue weighted by Gasteiger charge is -2.39. The number of esters is 1. The lowest BCUT2D eigenvalue weighted by Crippen LogP contribution is -2.50. The number of hydrogen-bond acceptors (Lipinski definition) is 6. The van der Waals surface area contributed by atoms with Gasteiger partial charge in [0.2, 0.25) is 0 Å². The minimum atomic E-state index is -0.524. The molecule has 0 unspecified atom stereocenters. The standard InChI is InChI=1S/C28H38N4O5/c1-7-36-26(34)24-18(2)29-32(19(24)3)23-10-8-20(9-11-23)25(33)31(21-12-13-21)22-14-16-30(17-15-22)27(35)37-28(4,5)6/h8-11,21-22H,7,12-17H2,1-6H3. The third-order valence-corrected chi connectivity index (χ3v) is 6.81. The summed E-state index contributed by atoms with van der Waals surface area (Å²) in [7, 11) is 0. The number of hydrogen-bond donors (Lipinski definition) is 0. The first kappa shape index (κ1) is 26.7. The molecule has 0 radical (unpaired) electrons. The second-order valence-electron chi connectivity index (χ2n) is 10.9. The molecule has 2 fully saturated rings. The number of benzene rings is 1. The van der Waals surface area contributed by atoms with Gasteiger partial charge in [0.05, 0.1) is 23.7 Å². The zero-order valence-corrected chi connectivity index (χ0v) is 22.7. The van der Waals surface area contributed by atoms with Gasteiger partial charge in [-0.1, -0.05) is 0 Å². The highest BCUT2D eigenvalue weighted by atomic mass is 16.6. The molecule has 37 heavy (non-hydrogen) atoms. The Morgan fingerprint density at radius 3 is 2.14 bits per heavy atom. The van der Waals surface area contributed by atoms with Crippen LogP contribution in [-0.4, -0.2) is 74.9 Å². The number of rotatable bonds is 6. The third-order valence-electron chi connectivity index (χ3n) is 6.81. The molecule has 9 heteroatoms. The molecular weight excluding hydrogens is 472 g/mol. The number of carbonyl (C=O) groups is 3. The number of carbonyl (C=O) groups excluding carboxylic acids is 3. The fourth-order valence-electron chi connectivity index (χ4n) is 4.92. The van der Waals surface area contributed by atoms with Gasteiger partial charge in [0.1, 0.15) is 11.2 Å². The van der Waals surface area contributed by atoms with E-state index in [1.807, 2.05) is 56.9 Å². The summed E-state index contributed by atoms with van der Waals surface area (Å²) in [6.45, 7) is 12.5. The quantitative estimate of drug-likeness (QED) is 0.524. The highest BCUT2D eigenvalue weighted by Gasteiger charge is 2.40. The first-order valence-electron chi connectivity index (χ1n) is 13.1. The lowest BCUT2D eigenvalue weighted by atomic mass is 10.0. The van der Waals surface area contributed by atoms with Crippen molar-refractivity contribution in [3.05, 3.63) is 46.8 Å². The van der Waals surface area contributed by atoms with Gasteiger partial charge in [0.15, 0.2) is 0 Å². The van der Waals surface area contributed by atoms with Crippen molar-refractivity contribution >= 4 is 18.0 Å². The number of amides is 2. The number of piperidine rings is 1. The average Bonchev–Trinajstić information content (AvgIpc) is 3.62. The van der Waals surface area contributed by atoms with Crippen LogP contribution in [0.15, 0.2) is 24.3 Å². The van der Waals surface area contributed by atoms with Gasteiger partial charge < -0.3 is 19.3 Å². The number of aromatic nitrogens is 2. The smallest absolute Gasteiger partial charge is 0.410 e. The molecule has 2 amide bonds. The van der Waals surface area contributed by atoms with E-state index in [-0.39, 0.29) is 30.1 Å². The third kappa shape index (κ3) is 5.97. The van der Waals surface area contributed by atoms with Gasteiger partial charge in [-0.05, 0) is 91.5 Å². The highest BCUT2D eigenvalue weighted by molar-refractivity contribution is 5.95. The first-order chi connectivity index (χ1) is 17.5. The molecule has 0 bridgehead atoms. The second-order valence-corrected chi connectivity index (χ2v) is 10.9. The minimum Gasteiger partial charge on any atom is -0.462 e. The Hall–Kier alpha value is -3.36. The maximum Gasteiger partial charge on any atom is 0.410 e. The van der Waals surface area contributed by atoms with Gasteiger partial charge in [0.25, 0.3) is 5.91 Å². The molecule has 1 saturated carbocycles. The van der Waals surface area contributed by atoms with Crippen LogP contribution in [-0.2, 0) is 9.47 Å². The predicted molar refractivity (Wildman–Crippen MR) is 139 cm³/mol. The fourth-order valence-corrected chi connectivity index (χ4v) is 4.92. The molecule has 1 aliphatic carbocycles. The van der Waals surface area contributed by atoms with Gasteiger partial charge in [0, 0.05) is 30.7 Å². The van der Waals surface area contributed by atoms with Crippen LogP contribution in [0.5, 0.6) is 0 Å². The largest absolute Gasteiger partial charge is 0.462 e. The summed E-state index contributed by atoms with van der Waals surface area (Å²) in [4.78, 5) is 42.2. The molecule has 1 aliphatic heterocycles. The van der Waals surface area contributed by atoms with Crippen LogP contribution in [0.1, 0.15) is 85.5 Å². The van der Waals surface area contributed by atoms with Crippen LogP contribution in [0.4, 0.5) is 4.79 Å². The molecule has 1 aromatic heterocycles. The van der Waals surface area contributed by atoms with Gasteiger partial charge in [-0.2, -0.15) is 5.10 Å². The molecule has 0 N–H and O–H groups in total. The van der Waals surface area contributed by atoms with Crippen LogP contribution in [0.2, 0.25) is 0 Å². The molecule has 1 saturated heterocycles. The number of nitrogens with zero attached hydrogens (tertiary/aromatic N) is 4. The summed E-state index contributed by atoms with van der Waals surface area (Å²) in [6.07, 6.45) is 3.21. The number of likely N-dealkylation sites (tertiary alicyclic amines) is 1. The van der Waals surface area contributed by atoms with E-state index >= 15 is 0 Å². The van der Waals surface area contributed by atoms with Crippen molar-refractivity contribution in [3.63, 3.8) is 0 Å². The van der Waals surface area contributed by atoms with E-state index in [0.717, 1.165) is 31.4 Å². The van der Waals surface area contributed by atoms with Crippen molar-refractivity contribution in [1.29, 1.82) is 0 Å². The van der Waals surface area contributed by atoms with E-state index in [4.69, 9.17) is 9.47 Å². The maximum atomic E-state index is 13.6. The normalized spacial score (nSPS) is 16.4. The van der Waals surface area contributed by atoms with Gasteiger partial charge in [-0.3, -0.25) is 4.79 Å². The van der Waals surface area contributed by atoms with Crippen molar-refractivity contribution < 1.29 is 23.9 Å². The van der Waals surface area contributed by atoms with Crippen molar-refractivity contribution in [3.8, 4) is 5.69 Å². The van der Waals surface area contributed by atoms with E-state index < -0.39 is 5.60 Å². The zero-order chi connectivity index (χ0) is 26.9. The van der Waals surface area contributed by atoms with E-state index in [0.29, 0.717) is 42.2 Å². The highest BCUT2D eigenvalue weighted by Crippen LogP contribution is 2.33. The Bertz CT molecular complexity index is 1150. The summed E-state index contributed by atoms with van der Waals surface area (Å²) in [5.41, 5.74) is 2.65. The zero-order valence-electron chi connectivity index (χ0n) is 22.7. The molecule has 4 rings (SSSR count). The minimum absolute atomic E-state index is 0.0188. The predicted octanol–water partition coefficient (Wildman–Crippen LogP) is 4.67. The molecule has 0 spiro atoms. The van der Waals surface area contributed by atoms with Gasteiger partial charge in [-0.25, -0.2) is 14.3 Å². The van der Waals surface area contributed by atoms with Crippen LogP contribution >= 0.6 is 0 Å². The summed E-state index contributed by atoms with van der Waals surface area (Å²) in [5, 5.41) is 4.53. The summed E-state index contributed by atoms with van der Waals surface area (Å²) < 4.78 is 12.4. The van der Waals surface area contributed by atoms with E-state index in [9.17, 15) is 14.4 Å². The molecular formula is C28H38N4O5. The monoisotopic (exact) mass is 510 g/mol. The fraction of sp³-hybridized carbons (Fsp3) is 0.571. The van der Waals surface area contributed by atoms with Gasteiger partial charge >= 0.3 is 12.1 Å². The lowest BCUT2D eigenvalue weighted by molar-refractivity contribution is 0.0142. The first-order valence-corrected chi connectivity index (χ1v) is 13.1. The van der Waals surface area contributed by atoms with Crippen LogP contribution < -0.4 is 0 Å². The van der Waals surface area contributed by atoms with Crippen LogP contribution in [0.25, 0.3) is 5.69 Å². The van der Waals surface area contributed by atoms with Crippen molar-refractivity contribution in [2.45, 2.75) is 84.9 Å². The summed E-state index contributed by atoms with van der Waals surface area (Å²) in [5.74, 6) is -0.362. The summed E-state index contributed by atoms with van der Waals surface area (Å²) in [6, 6.07) is 7.72. The van der Waals surface area contributed by atoms with Crippen LogP contribution in [0.3, 0.4) is 0 Å². The van der Waals surface area contributed by atoms with Crippen molar-refractivity contribution in [1.82, 2.24) is 19.6 Å². The van der Waals surface area contributed by atoms with E-state index in [1.54, 1.807) is 23.4 Å². The average molecular weight is 511 g/mol. The Labute approximate surface area is 218 Å². The SMILES string of the molecule is CCOC(=O)c1c(C)nn(-c2ccc(C(=O)N(C3CC3)C3CCN(C(=O)OC(C)(C)C)CC3)cc2)c1C. The van der Waals surface area contributed by atoms with Gasteiger partial charge in [-0.15, -0.1) is 0 Å². The Kier molecular flexibility index (Phi) is 7.62. The molecule has 2 heterocycles. The Balaban J connectivity index is 1.46. The topological polar surface area (TPSA) is 94.0 Å². The second kappa shape index (κ2) is 10.6. The van der Waals surface area contributed by atoms with Crippen molar-refractivity contribution in [2.75, 3.05) is 19.7 Å². The molecule has 1 aromatic carbocycles. The van der Waals surface area contributed by atoms with E-state index in [2.05, 4.69) is 5.10 Å². The Morgan fingerprint density at radius 1 is 1.00 bits per heavy atom. The maximum absolute atomic E-state index is 13.6. The van der Waals surface area contributed by atoms with Crippen LogP contribution in [0, 0.1) is 13.8 Å². The number of aryl methyl sites for hydroxylation is 1. The molecule has 2 aliphatic rings. The number of ether oxygens (including phenoxy) is 2. The molecule has 9 nitrogen and oxygen atoms in total. The molecule has 0 atom stereocenters. The molecule has 2 aromatic rings.